The van der Waals surface area contributed by atoms with Crippen LogP contribution in [0.2, 0.25) is 0 Å². The molecule has 0 amide bonds. The molecule has 2 rings (SSSR count). The number of anilines is 1. The molecular weight excluding hydrogens is 210 g/mol. The number of aromatic nitrogens is 2. The summed E-state index contributed by atoms with van der Waals surface area (Å²) in [6.07, 6.45) is 5.27. The van der Waals surface area contributed by atoms with Gasteiger partial charge in [-0.15, -0.1) is 0 Å². The van der Waals surface area contributed by atoms with Crippen LogP contribution in [-0.2, 0) is 0 Å². The van der Waals surface area contributed by atoms with Gasteiger partial charge in [-0.05, 0) is 32.6 Å². The third-order valence-electron chi connectivity index (χ3n) is 3.45. The molecule has 0 bridgehead atoms. The minimum Gasteiger partial charge on any atom is -0.368 e. The van der Waals surface area contributed by atoms with Crippen molar-refractivity contribution in [1.82, 2.24) is 9.78 Å². The summed E-state index contributed by atoms with van der Waals surface area (Å²) in [5.41, 5.74) is 1.21. The summed E-state index contributed by atoms with van der Waals surface area (Å²) in [5.74, 6) is 1.71. The number of hydrogen-bond donors (Lipinski definition) is 1. The van der Waals surface area contributed by atoms with Crippen molar-refractivity contribution in [3.05, 3.63) is 11.8 Å². The Hall–Kier alpha value is -0.990. The van der Waals surface area contributed by atoms with Crippen LogP contribution in [0, 0.1) is 0 Å². The van der Waals surface area contributed by atoms with Crippen molar-refractivity contribution in [2.45, 2.75) is 71.4 Å². The molecule has 17 heavy (non-hydrogen) atoms. The smallest absolute Gasteiger partial charge is 0.125 e. The predicted molar refractivity (Wildman–Crippen MR) is 72.6 cm³/mol. The summed E-state index contributed by atoms with van der Waals surface area (Å²) in [6, 6.07) is 3.30. The third kappa shape index (κ3) is 2.82. The summed E-state index contributed by atoms with van der Waals surface area (Å²) in [5, 5.41) is 8.32. The van der Waals surface area contributed by atoms with E-state index >= 15 is 0 Å². The topological polar surface area (TPSA) is 29.9 Å². The lowest BCUT2D eigenvalue weighted by Gasteiger charge is -2.16. The molecule has 1 aromatic rings. The Morgan fingerprint density at radius 3 is 2.41 bits per heavy atom. The lowest BCUT2D eigenvalue weighted by molar-refractivity contribution is 0.464. The van der Waals surface area contributed by atoms with E-state index in [4.69, 9.17) is 5.10 Å². The summed E-state index contributed by atoms with van der Waals surface area (Å²) >= 11 is 0. The van der Waals surface area contributed by atoms with E-state index in [1.807, 2.05) is 0 Å². The highest BCUT2D eigenvalue weighted by atomic mass is 15.4. The van der Waals surface area contributed by atoms with Crippen LogP contribution in [0.4, 0.5) is 5.82 Å². The Morgan fingerprint density at radius 2 is 1.88 bits per heavy atom. The van der Waals surface area contributed by atoms with Crippen LogP contribution in [0.15, 0.2) is 6.07 Å². The van der Waals surface area contributed by atoms with Gasteiger partial charge in [0, 0.05) is 12.1 Å². The molecule has 1 saturated carbocycles. The summed E-state index contributed by atoms with van der Waals surface area (Å²) in [4.78, 5) is 0. The fraction of sp³-hybridized carbons (Fsp3) is 0.786. The Balaban J connectivity index is 2.26. The zero-order valence-electron chi connectivity index (χ0n) is 11.5. The van der Waals surface area contributed by atoms with E-state index in [0.29, 0.717) is 18.0 Å². The van der Waals surface area contributed by atoms with Crippen LogP contribution in [0.25, 0.3) is 0 Å². The van der Waals surface area contributed by atoms with Gasteiger partial charge < -0.3 is 5.32 Å². The van der Waals surface area contributed by atoms with Crippen LogP contribution >= 0.6 is 0 Å². The first-order valence-corrected chi connectivity index (χ1v) is 6.94. The van der Waals surface area contributed by atoms with Crippen molar-refractivity contribution in [3.8, 4) is 0 Å². The van der Waals surface area contributed by atoms with Gasteiger partial charge in [-0.25, -0.2) is 4.68 Å². The number of nitrogens with zero attached hydrogens (tertiary/aromatic N) is 2. The van der Waals surface area contributed by atoms with Crippen molar-refractivity contribution in [2.75, 3.05) is 5.32 Å². The maximum Gasteiger partial charge on any atom is 0.125 e. The quantitative estimate of drug-likeness (QED) is 0.856. The largest absolute Gasteiger partial charge is 0.368 e. The molecule has 0 unspecified atom stereocenters. The summed E-state index contributed by atoms with van der Waals surface area (Å²) in [7, 11) is 0. The zero-order chi connectivity index (χ0) is 12.4. The van der Waals surface area contributed by atoms with Gasteiger partial charge in [-0.1, -0.05) is 26.7 Å². The molecule has 0 spiro atoms. The van der Waals surface area contributed by atoms with Crippen LogP contribution in [0.3, 0.4) is 0 Å². The van der Waals surface area contributed by atoms with Gasteiger partial charge in [0.25, 0.3) is 0 Å². The minimum absolute atomic E-state index is 0.465. The Labute approximate surface area is 105 Å². The third-order valence-corrected chi connectivity index (χ3v) is 3.45. The van der Waals surface area contributed by atoms with Crippen LogP contribution in [-0.4, -0.2) is 15.8 Å². The van der Waals surface area contributed by atoms with Gasteiger partial charge in [-0.2, -0.15) is 5.10 Å². The second-order valence-electron chi connectivity index (χ2n) is 5.79. The highest BCUT2D eigenvalue weighted by Gasteiger charge is 2.22. The van der Waals surface area contributed by atoms with Crippen molar-refractivity contribution in [3.63, 3.8) is 0 Å². The first-order valence-electron chi connectivity index (χ1n) is 6.94. The van der Waals surface area contributed by atoms with Gasteiger partial charge in [0.15, 0.2) is 0 Å². The molecule has 0 aromatic carbocycles. The van der Waals surface area contributed by atoms with Crippen LogP contribution < -0.4 is 5.32 Å². The molecule has 1 aliphatic rings. The Bertz CT molecular complexity index is 360. The molecule has 1 aromatic heterocycles. The van der Waals surface area contributed by atoms with Gasteiger partial charge in [-0.3, -0.25) is 0 Å². The van der Waals surface area contributed by atoms with E-state index in [2.05, 4.69) is 43.8 Å². The fourth-order valence-electron chi connectivity index (χ4n) is 2.53. The van der Waals surface area contributed by atoms with Crippen LogP contribution in [0.5, 0.6) is 0 Å². The maximum absolute atomic E-state index is 4.80. The second-order valence-corrected chi connectivity index (χ2v) is 5.79. The predicted octanol–water partition coefficient (Wildman–Crippen LogP) is 3.94. The average Bonchev–Trinajstić information content (AvgIpc) is 2.83. The Morgan fingerprint density at radius 1 is 1.24 bits per heavy atom. The molecule has 1 fully saturated rings. The monoisotopic (exact) mass is 235 g/mol. The van der Waals surface area contributed by atoms with Crippen LogP contribution in [0.1, 0.15) is 71.0 Å². The van der Waals surface area contributed by atoms with Crippen molar-refractivity contribution in [2.24, 2.45) is 0 Å². The second kappa shape index (κ2) is 5.11. The lowest BCUT2D eigenvalue weighted by Crippen LogP contribution is -2.16. The highest BCUT2D eigenvalue weighted by Crippen LogP contribution is 2.33. The fourth-order valence-corrected chi connectivity index (χ4v) is 2.53. The average molecular weight is 235 g/mol. The van der Waals surface area contributed by atoms with E-state index in [9.17, 15) is 0 Å². The van der Waals surface area contributed by atoms with E-state index in [1.54, 1.807) is 0 Å². The van der Waals surface area contributed by atoms with Crippen molar-refractivity contribution < 1.29 is 0 Å². The van der Waals surface area contributed by atoms with Gasteiger partial charge >= 0.3 is 0 Å². The first-order chi connectivity index (χ1) is 8.08. The zero-order valence-corrected chi connectivity index (χ0v) is 11.5. The number of rotatable bonds is 4. The molecule has 1 aliphatic carbocycles. The lowest BCUT2D eigenvalue weighted by atomic mass is 10.1. The molecule has 3 heteroatoms. The van der Waals surface area contributed by atoms with Gasteiger partial charge in [0.1, 0.15) is 5.82 Å². The minimum atomic E-state index is 0.465. The van der Waals surface area contributed by atoms with E-state index in [-0.39, 0.29) is 0 Å². The van der Waals surface area contributed by atoms with Gasteiger partial charge in [0.2, 0.25) is 0 Å². The number of nitrogens with one attached hydrogen (secondary N) is 1. The molecule has 3 nitrogen and oxygen atoms in total. The molecular formula is C14H25N3. The van der Waals surface area contributed by atoms with E-state index in [1.165, 1.54) is 37.2 Å². The summed E-state index contributed by atoms with van der Waals surface area (Å²) in [6.45, 7) is 8.78. The molecule has 0 radical (unpaired) electrons. The molecule has 1 N–H and O–H groups in total. The molecule has 96 valence electrons. The molecule has 0 aliphatic heterocycles. The molecule has 0 saturated heterocycles. The molecule has 1 heterocycles. The maximum atomic E-state index is 4.80. The first kappa shape index (κ1) is 12.5. The molecule has 0 atom stereocenters. The van der Waals surface area contributed by atoms with E-state index in [0.717, 1.165) is 0 Å². The number of hydrogen-bond acceptors (Lipinski definition) is 2. The SMILES string of the molecule is CC(C)Nc1cc(C(C)C)nn1C1CCCC1. The normalized spacial score (nSPS) is 17.3. The standard InChI is InChI=1S/C14H25N3/c1-10(2)13-9-14(15-11(3)4)17(16-13)12-7-5-6-8-12/h9-12,15H,5-8H2,1-4H3. The van der Waals surface area contributed by atoms with Gasteiger partial charge in [0.05, 0.1) is 11.7 Å². The van der Waals surface area contributed by atoms with Crippen molar-refractivity contribution >= 4 is 5.82 Å². The van der Waals surface area contributed by atoms with E-state index < -0.39 is 0 Å². The highest BCUT2D eigenvalue weighted by molar-refractivity contribution is 5.39. The summed E-state index contributed by atoms with van der Waals surface area (Å²) < 4.78 is 2.24. The van der Waals surface area contributed by atoms with Crippen molar-refractivity contribution in [1.29, 1.82) is 0 Å². The Kier molecular flexibility index (Phi) is 3.75.